The van der Waals surface area contributed by atoms with Gasteiger partial charge in [0.15, 0.2) is 0 Å². The van der Waals surface area contributed by atoms with Crippen molar-refractivity contribution in [3.05, 3.63) is 42.5 Å². The fraction of sp³-hybridized carbons (Fsp3) is 0.333. The monoisotopic (exact) mass is 449 g/mol. The van der Waals surface area contributed by atoms with Gasteiger partial charge in [-0.05, 0) is 30.3 Å². The third kappa shape index (κ3) is 5.45. The Morgan fingerprint density at radius 3 is 2.23 bits per heavy atom. The number of hydrogen-bond acceptors (Lipinski definition) is 6. The maximum Gasteiger partial charge on any atom is 0.387 e. The fourth-order valence-corrected chi connectivity index (χ4v) is 4.19. The van der Waals surface area contributed by atoms with Crippen LogP contribution in [0.15, 0.2) is 47.4 Å². The first-order valence-electron chi connectivity index (χ1n) is 8.87. The highest BCUT2D eigenvalue weighted by molar-refractivity contribution is 7.92. The highest BCUT2D eigenvalue weighted by atomic mass is 32.2. The van der Waals surface area contributed by atoms with Gasteiger partial charge in [-0.1, -0.05) is 12.1 Å². The van der Waals surface area contributed by atoms with Crippen LogP contribution in [0.5, 0.6) is 11.5 Å². The average molecular weight is 449 g/mol. The van der Waals surface area contributed by atoms with Crippen molar-refractivity contribution in [3.8, 4) is 11.5 Å². The predicted octanol–water partition coefficient (Wildman–Crippen LogP) is 3.10. The number of nitrogens with one attached hydrogen (secondary N) is 2. The number of rotatable bonds is 8. The van der Waals surface area contributed by atoms with E-state index in [1.54, 1.807) is 4.90 Å². The molecule has 0 atom stereocenters. The Balaban J connectivity index is 1.92. The number of piperazine rings is 1. The molecule has 164 valence electrons. The average Bonchev–Trinajstić information content (AvgIpc) is 2.69. The first-order valence-corrected chi connectivity index (χ1v) is 10.4. The summed E-state index contributed by atoms with van der Waals surface area (Å²) in [4.78, 5) is 1.29. The summed E-state index contributed by atoms with van der Waals surface area (Å²) in [6.07, 6.45) is 0. The second-order valence-corrected chi connectivity index (χ2v) is 7.88. The quantitative estimate of drug-likeness (QED) is 0.603. The van der Waals surface area contributed by atoms with Crippen molar-refractivity contribution in [1.29, 1.82) is 0 Å². The Labute approximate surface area is 170 Å². The Kier molecular flexibility index (Phi) is 6.87. The van der Waals surface area contributed by atoms with Crippen LogP contribution in [0.3, 0.4) is 0 Å². The van der Waals surface area contributed by atoms with E-state index in [4.69, 9.17) is 0 Å². The summed E-state index contributed by atoms with van der Waals surface area (Å²) in [5.41, 5.74) is 0.339. The zero-order valence-electron chi connectivity index (χ0n) is 15.5. The third-order valence-corrected chi connectivity index (χ3v) is 5.66. The second kappa shape index (κ2) is 9.39. The molecule has 0 aliphatic carbocycles. The van der Waals surface area contributed by atoms with Gasteiger partial charge in [-0.2, -0.15) is 17.6 Å². The molecule has 1 fully saturated rings. The SMILES string of the molecule is O=S(=O)(Nc1ccc(OC(F)F)c(N2CCNCC2)c1)c1ccccc1OC(F)F. The van der Waals surface area contributed by atoms with Crippen molar-refractivity contribution in [2.24, 2.45) is 0 Å². The number of nitrogens with zero attached hydrogens (tertiary/aromatic N) is 1. The molecule has 1 aliphatic heterocycles. The molecule has 0 radical (unpaired) electrons. The van der Waals surface area contributed by atoms with Crippen molar-refractivity contribution < 1.29 is 35.5 Å². The molecule has 2 aromatic carbocycles. The van der Waals surface area contributed by atoms with Gasteiger partial charge in [-0.3, -0.25) is 4.72 Å². The maximum atomic E-state index is 12.8. The first-order chi connectivity index (χ1) is 14.3. The van der Waals surface area contributed by atoms with Crippen LogP contribution in [-0.2, 0) is 10.0 Å². The molecule has 0 saturated carbocycles. The Morgan fingerprint density at radius 1 is 0.933 bits per heavy atom. The molecule has 1 saturated heterocycles. The number of para-hydroxylation sites is 1. The van der Waals surface area contributed by atoms with Crippen LogP contribution in [0.4, 0.5) is 28.9 Å². The molecule has 0 spiro atoms. The van der Waals surface area contributed by atoms with E-state index < -0.39 is 33.9 Å². The molecular weight excluding hydrogens is 430 g/mol. The van der Waals surface area contributed by atoms with Gasteiger partial charge in [0.05, 0.1) is 11.4 Å². The van der Waals surface area contributed by atoms with Gasteiger partial charge in [-0.15, -0.1) is 0 Å². The minimum atomic E-state index is -4.30. The Morgan fingerprint density at radius 2 is 1.57 bits per heavy atom. The molecule has 2 N–H and O–H groups in total. The number of benzene rings is 2. The van der Waals surface area contributed by atoms with E-state index in [1.807, 2.05) is 0 Å². The van der Waals surface area contributed by atoms with Crippen LogP contribution in [-0.4, -0.2) is 47.8 Å². The van der Waals surface area contributed by atoms with Gasteiger partial charge < -0.3 is 19.7 Å². The largest absolute Gasteiger partial charge is 0.433 e. The van der Waals surface area contributed by atoms with E-state index in [1.165, 1.54) is 30.3 Å². The first kappa shape index (κ1) is 22.0. The zero-order valence-corrected chi connectivity index (χ0v) is 16.3. The molecule has 0 aromatic heterocycles. The van der Waals surface area contributed by atoms with Gasteiger partial charge in [0.25, 0.3) is 10.0 Å². The summed E-state index contributed by atoms with van der Waals surface area (Å²) in [5.74, 6) is -0.615. The van der Waals surface area contributed by atoms with Crippen LogP contribution in [0.25, 0.3) is 0 Å². The molecule has 0 bridgehead atoms. The number of anilines is 2. The summed E-state index contributed by atoms with van der Waals surface area (Å²) in [5, 5.41) is 3.12. The fourth-order valence-electron chi connectivity index (χ4n) is 3.01. The molecule has 7 nitrogen and oxygen atoms in total. The Hall–Kier alpha value is -2.73. The van der Waals surface area contributed by atoms with E-state index in [-0.39, 0.29) is 17.1 Å². The number of alkyl halides is 4. The lowest BCUT2D eigenvalue weighted by Crippen LogP contribution is -2.43. The van der Waals surface area contributed by atoms with E-state index in [0.717, 1.165) is 12.1 Å². The molecule has 1 heterocycles. The summed E-state index contributed by atoms with van der Waals surface area (Å²) in [6.45, 7) is -4.02. The maximum absolute atomic E-state index is 12.8. The molecular formula is C18H19F4N3O4S. The van der Waals surface area contributed by atoms with Gasteiger partial charge in [0.1, 0.15) is 16.4 Å². The topological polar surface area (TPSA) is 79.9 Å². The smallest absolute Gasteiger partial charge is 0.387 e. The normalized spacial score (nSPS) is 14.8. The number of halogens is 4. The van der Waals surface area contributed by atoms with Crippen molar-refractivity contribution in [1.82, 2.24) is 5.32 Å². The van der Waals surface area contributed by atoms with E-state index >= 15 is 0 Å². The highest BCUT2D eigenvalue weighted by Crippen LogP contribution is 2.34. The lowest BCUT2D eigenvalue weighted by atomic mass is 10.2. The summed E-state index contributed by atoms with van der Waals surface area (Å²) in [7, 11) is -4.30. The van der Waals surface area contributed by atoms with Crippen molar-refractivity contribution in [3.63, 3.8) is 0 Å². The van der Waals surface area contributed by atoms with Crippen LogP contribution in [0, 0.1) is 0 Å². The van der Waals surface area contributed by atoms with E-state index in [0.29, 0.717) is 26.2 Å². The van der Waals surface area contributed by atoms with Gasteiger partial charge in [-0.25, -0.2) is 8.42 Å². The molecule has 0 amide bonds. The summed E-state index contributed by atoms with van der Waals surface area (Å²) >= 11 is 0. The lowest BCUT2D eigenvalue weighted by Gasteiger charge is -2.31. The molecule has 12 heteroatoms. The minimum Gasteiger partial charge on any atom is -0.433 e. The van der Waals surface area contributed by atoms with Crippen molar-refractivity contribution in [2.75, 3.05) is 35.8 Å². The zero-order chi connectivity index (χ0) is 21.7. The van der Waals surface area contributed by atoms with Gasteiger partial charge >= 0.3 is 13.2 Å². The number of ether oxygens (including phenoxy) is 2. The summed E-state index contributed by atoms with van der Waals surface area (Å²) in [6, 6.07) is 8.77. The molecule has 30 heavy (non-hydrogen) atoms. The summed E-state index contributed by atoms with van der Waals surface area (Å²) < 4.78 is 87.3. The van der Waals surface area contributed by atoms with Crippen molar-refractivity contribution >= 4 is 21.4 Å². The molecule has 3 rings (SSSR count). The molecule has 0 unspecified atom stereocenters. The highest BCUT2D eigenvalue weighted by Gasteiger charge is 2.23. The predicted molar refractivity (Wildman–Crippen MR) is 102 cm³/mol. The van der Waals surface area contributed by atoms with Crippen LogP contribution < -0.4 is 24.4 Å². The van der Waals surface area contributed by atoms with Crippen LogP contribution in [0.2, 0.25) is 0 Å². The molecule has 1 aliphatic rings. The van der Waals surface area contributed by atoms with Crippen LogP contribution in [0.1, 0.15) is 0 Å². The number of sulfonamides is 1. The van der Waals surface area contributed by atoms with E-state index in [2.05, 4.69) is 19.5 Å². The van der Waals surface area contributed by atoms with Crippen molar-refractivity contribution in [2.45, 2.75) is 18.1 Å². The standard InChI is InChI=1S/C18H19F4N3O4S/c19-17(20)28-14-6-5-12(11-13(14)25-9-7-23-8-10-25)24-30(26,27)16-4-2-1-3-15(16)29-18(21)22/h1-6,11,17-18,23-24H,7-10H2. The van der Waals surface area contributed by atoms with Crippen LogP contribution >= 0.6 is 0 Å². The van der Waals surface area contributed by atoms with Gasteiger partial charge in [0.2, 0.25) is 0 Å². The Bertz CT molecular complexity index is 970. The second-order valence-electron chi connectivity index (χ2n) is 6.23. The van der Waals surface area contributed by atoms with Gasteiger partial charge in [0, 0.05) is 26.2 Å². The lowest BCUT2D eigenvalue weighted by molar-refractivity contribution is -0.0519. The minimum absolute atomic E-state index is 0.0528. The molecule has 2 aromatic rings. The van der Waals surface area contributed by atoms with E-state index in [9.17, 15) is 26.0 Å². The number of hydrogen-bond donors (Lipinski definition) is 2. The third-order valence-electron chi connectivity index (χ3n) is 4.24.